The average molecular weight is 200 g/mol. The zero-order valence-corrected chi connectivity index (χ0v) is 8.77. The first-order chi connectivity index (χ1) is 6.29. The summed E-state index contributed by atoms with van der Waals surface area (Å²) < 4.78 is 0. The van der Waals surface area contributed by atoms with Gasteiger partial charge in [-0.25, -0.2) is 0 Å². The lowest BCUT2D eigenvalue weighted by atomic mass is 10.2. The Morgan fingerprint density at radius 1 is 1.62 bits per heavy atom. The molecule has 0 aromatic rings. The van der Waals surface area contributed by atoms with Crippen LogP contribution < -0.4 is 5.32 Å². The predicted molar refractivity (Wildman–Crippen MR) is 54.7 cm³/mol. The van der Waals surface area contributed by atoms with Crippen LogP contribution in [0, 0.1) is 0 Å². The lowest BCUT2D eigenvalue weighted by molar-refractivity contribution is -0.133. The number of rotatable bonds is 1. The summed E-state index contributed by atoms with van der Waals surface area (Å²) in [4.78, 5) is 13.9. The molecule has 3 nitrogen and oxygen atoms in total. The summed E-state index contributed by atoms with van der Waals surface area (Å²) in [7, 11) is 0. The van der Waals surface area contributed by atoms with E-state index in [0.717, 1.165) is 18.2 Å². The fraction of sp³-hybridized carbons (Fsp3) is 0.889. The van der Waals surface area contributed by atoms with Gasteiger partial charge in [0.2, 0.25) is 5.91 Å². The Kier molecular flexibility index (Phi) is 2.79. The van der Waals surface area contributed by atoms with E-state index < -0.39 is 0 Å². The van der Waals surface area contributed by atoms with Gasteiger partial charge in [-0.15, -0.1) is 11.8 Å². The van der Waals surface area contributed by atoms with Gasteiger partial charge in [-0.2, -0.15) is 0 Å². The minimum atomic E-state index is 0.0885. The number of nitrogens with one attached hydrogen (secondary N) is 1. The van der Waals surface area contributed by atoms with Crippen LogP contribution >= 0.6 is 11.8 Å². The molecule has 2 unspecified atom stereocenters. The van der Waals surface area contributed by atoms with E-state index >= 15 is 0 Å². The third-order valence-electron chi connectivity index (χ3n) is 2.85. The van der Waals surface area contributed by atoms with Crippen LogP contribution in [0.5, 0.6) is 0 Å². The van der Waals surface area contributed by atoms with E-state index in [4.69, 9.17) is 0 Å². The van der Waals surface area contributed by atoms with Crippen LogP contribution in [0.15, 0.2) is 0 Å². The van der Waals surface area contributed by atoms with E-state index in [1.165, 1.54) is 12.8 Å². The summed E-state index contributed by atoms with van der Waals surface area (Å²) >= 11 is 1.81. The highest BCUT2D eigenvalue weighted by Gasteiger charge is 2.32. The van der Waals surface area contributed by atoms with Gasteiger partial charge >= 0.3 is 0 Å². The molecule has 13 heavy (non-hydrogen) atoms. The third-order valence-corrected chi connectivity index (χ3v) is 3.79. The molecule has 2 aliphatic heterocycles. The second-order valence-corrected chi connectivity index (χ2v) is 4.82. The first-order valence-electron chi connectivity index (χ1n) is 4.90. The molecular formula is C9H16N2OS. The Morgan fingerprint density at radius 2 is 2.46 bits per heavy atom. The largest absolute Gasteiger partial charge is 0.339 e. The zero-order valence-electron chi connectivity index (χ0n) is 7.95. The highest BCUT2D eigenvalue weighted by Crippen LogP contribution is 2.20. The Balaban J connectivity index is 1.95. The molecule has 0 aromatic carbocycles. The monoisotopic (exact) mass is 200 g/mol. The molecule has 2 aliphatic rings. The highest BCUT2D eigenvalue weighted by atomic mass is 32.2. The summed E-state index contributed by atoms with van der Waals surface area (Å²) in [6.45, 7) is 3.11. The molecule has 0 aromatic heterocycles. The SMILES string of the molecule is CC1CCCN1C(=O)C1CSCN1. The van der Waals surface area contributed by atoms with Crippen LogP contribution in [0.2, 0.25) is 0 Å². The predicted octanol–water partition coefficient (Wildman–Crippen LogP) is 0.660. The Morgan fingerprint density at radius 3 is 3.00 bits per heavy atom. The van der Waals surface area contributed by atoms with E-state index in [1.54, 1.807) is 0 Å². The Hall–Kier alpha value is -0.220. The van der Waals surface area contributed by atoms with Gasteiger partial charge in [0.05, 0.1) is 6.04 Å². The number of carbonyl (C=O) groups excluding carboxylic acids is 1. The Bertz CT molecular complexity index is 204. The summed E-state index contributed by atoms with van der Waals surface area (Å²) in [5.41, 5.74) is 0. The van der Waals surface area contributed by atoms with E-state index in [2.05, 4.69) is 12.2 Å². The van der Waals surface area contributed by atoms with Gasteiger partial charge < -0.3 is 4.90 Å². The third kappa shape index (κ3) is 1.83. The van der Waals surface area contributed by atoms with Crippen molar-refractivity contribution in [3.05, 3.63) is 0 Å². The number of likely N-dealkylation sites (tertiary alicyclic amines) is 1. The van der Waals surface area contributed by atoms with Gasteiger partial charge in [0.25, 0.3) is 0 Å². The van der Waals surface area contributed by atoms with Crippen molar-refractivity contribution in [1.82, 2.24) is 10.2 Å². The number of nitrogens with zero attached hydrogens (tertiary/aromatic N) is 1. The van der Waals surface area contributed by atoms with Crippen LogP contribution in [0.3, 0.4) is 0 Å². The topological polar surface area (TPSA) is 32.3 Å². The quantitative estimate of drug-likeness (QED) is 0.675. The number of hydrogen-bond donors (Lipinski definition) is 1. The molecule has 0 aliphatic carbocycles. The summed E-state index contributed by atoms with van der Waals surface area (Å²) in [5, 5.41) is 3.23. The van der Waals surface area contributed by atoms with Crippen molar-refractivity contribution >= 4 is 17.7 Å². The van der Waals surface area contributed by atoms with Crippen molar-refractivity contribution in [3.63, 3.8) is 0 Å². The number of carbonyl (C=O) groups is 1. The molecule has 0 spiro atoms. The summed E-state index contributed by atoms with van der Waals surface area (Å²) in [6.07, 6.45) is 2.35. The summed E-state index contributed by atoms with van der Waals surface area (Å²) in [6, 6.07) is 0.547. The molecule has 0 saturated carbocycles. The van der Waals surface area contributed by atoms with Crippen LogP contribution in [0.25, 0.3) is 0 Å². The number of thioether (sulfide) groups is 1. The maximum atomic E-state index is 11.9. The van der Waals surface area contributed by atoms with E-state index in [9.17, 15) is 4.79 Å². The molecule has 2 heterocycles. The fourth-order valence-corrected chi connectivity index (χ4v) is 2.95. The van der Waals surface area contributed by atoms with E-state index in [1.807, 2.05) is 16.7 Å². The fourth-order valence-electron chi connectivity index (χ4n) is 2.01. The van der Waals surface area contributed by atoms with Crippen molar-refractivity contribution < 1.29 is 4.79 Å². The van der Waals surface area contributed by atoms with Crippen LogP contribution in [0.1, 0.15) is 19.8 Å². The van der Waals surface area contributed by atoms with E-state index in [-0.39, 0.29) is 6.04 Å². The highest BCUT2D eigenvalue weighted by molar-refractivity contribution is 7.99. The maximum Gasteiger partial charge on any atom is 0.240 e. The normalized spacial score (nSPS) is 34.1. The molecule has 74 valence electrons. The number of amides is 1. The van der Waals surface area contributed by atoms with Gasteiger partial charge in [-0.3, -0.25) is 10.1 Å². The van der Waals surface area contributed by atoms with E-state index in [0.29, 0.717) is 11.9 Å². The molecule has 2 fully saturated rings. The first-order valence-corrected chi connectivity index (χ1v) is 6.06. The maximum absolute atomic E-state index is 11.9. The van der Waals surface area contributed by atoms with Crippen LogP contribution in [-0.4, -0.2) is 41.1 Å². The number of hydrogen-bond acceptors (Lipinski definition) is 3. The molecule has 1 N–H and O–H groups in total. The van der Waals surface area contributed by atoms with Gasteiger partial charge in [-0.1, -0.05) is 0 Å². The van der Waals surface area contributed by atoms with Crippen molar-refractivity contribution in [2.45, 2.75) is 31.8 Å². The molecule has 4 heteroatoms. The standard InChI is InChI=1S/C9H16N2OS/c1-7-3-2-4-11(7)9(12)8-5-13-6-10-8/h7-8,10H,2-6H2,1H3. The molecular weight excluding hydrogens is 184 g/mol. The van der Waals surface area contributed by atoms with Crippen LogP contribution in [-0.2, 0) is 4.79 Å². The Labute approximate surface area is 83.2 Å². The second-order valence-electron chi connectivity index (χ2n) is 3.79. The second kappa shape index (κ2) is 3.88. The lowest BCUT2D eigenvalue weighted by Gasteiger charge is -2.24. The molecule has 0 bridgehead atoms. The van der Waals surface area contributed by atoms with Crippen molar-refractivity contribution in [1.29, 1.82) is 0 Å². The van der Waals surface area contributed by atoms with Crippen molar-refractivity contribution in [2.75, 3.05) is 18.2 Å². The zero-order chi connectivity index (χ0) is 9.26. The average Bonchev–Trinajstić information content (AvgIpc) is 2.72. The van der Waals surface area contributed by atoms with Crippen molar-refractivity contribution in [2.24, 2.45) is 0 Å². The molecule has 2 saturated heterocycles. The molecule has 1 amide bonds. The van der Waals surface area contributed by atoms with Gasteiger partial charge in [-0.05, 0) is 19.8 Å². The van der Waals surface area contributed by atoms with Crippen molar-refractivity contribution in [3.8, 4) is 0 Å². The molecule has 0 radical (unpaired) electrons. The minimum Gasteiger partial charge on any atom is -0.339 e. The first kappa shape index (κ1) is 9.34. The minimum absolute atomic E-state index is 0.0885. The van der Waals surface area contributed by atoms with Gasteiger partial charge in [0.1, 0.15) is 0 Å². The lowest BCUT2D eigenvalue weighted by Crippen LogP contribution is -2.46. The van der Waals surface area contributed by atoms with Gasteiger partial charge in [0, 0.05) is 24.2 Å². The summed E-state index contributed by atoms with van der Waals surface area (Å²) in [5.74, 6) is 2.19. The van der Waals surface area contributed by atoms with Crippen LogP contribution in [0.4, 0.5) is 0 Å². The smallest absolute Gasteiger partial charge is 0.240 e. The molecule has 2 rings (SSSR count). The van der Waals surface area contributed by atoms with Gasteiger partial charge in [0.15, 0.2) is 0 Å². The molecule has 2 atom stereocenters.